The Labute approximate surface area is 149 Å². The first-order valence-electron chi connectivity index (χ1n) is 7.91. The number of benzene rings is 2. The summed E-state index contributed by atoms with van der Waals surface area (Å²) in [5.74, 6) is -1.71. The number of aromatic amines is 1. The van der Waals surface area contributed by atoms with E-state index in [0.29, 0.717) is 16.8 Å². The van der Waals surface area contributed by atoms with Crippen LogP contribution in [-0.4, -0.2) is 30.2 Å². The molecule has 0 amide bonds. The van der Waals surface area contributed by atoms with Gasteiger partial charge in [0.25, 0.3) is 5.56 Å². The number of anilines is 1. The molecular weight excluding hydrogens is 335 g/mol. The molecule has 0 saturated carbocycles. The number of nitrogens with one attached hydrogen (secondary N) is 1. The first-order chi connectivity index (χ1) is 12.4. The van der Waals surface area contributed by atoms with Crippen molar-refractivity contribution < 1.29 is 14.3 Å². The van der Waals surface area contributed by atoms with E-state index < -0.39 is 17.3 Å². The second kappa shape index (κ2) is 6.84. The Morgan fingerprint density at radius 1 is 1.00 bits per heavy atom. The number of pyridine rings is 1. The van der Waals surface area contributed by atoms with Gasteiger partial charge >= 0.3 is 5.97 Å². The van der Waals surface area contributed by atoms with Gasteiger partial charge in [0.2, 0.25) is 0 Å². The van der Waals surface area contributed by atoms with Gasteiger partial charge in [-0.25, -0.2) is 9.18 Å². The third kappa shape index (κ3) is 3.35. The summed E-state index contributed by atoms with van der Waals surface area (Å²) in [5.41, 5.74) is 2.27. The van der Waals surface area contributed by atoms with Crippen molar-refractivity contribution in [3.05, 3.63) is 76.3 Å². The molecule has 2 aromatic carbocycles. The number of carboxylic acid groups (broad SMARTS) is 1. The van der Waals surface area contributed by atoms with E-state index >= 15 is 0 Å². The van der Waals surface area contributed by atoms with Crippen LogP contribution in [0.4, 0.5) is 10.1 Å². The normalized spacial score (nSPS) is 10.6. The SMILES string of the molecule is CN(C)c1ccc(-c2[nH]c(=O)c(C(=O)O)cc2-c2ccc(F)cc2)cc1. The molecule has 6 heteroatoms. The molecule has 0 aliphatic rings. The number of aromatic nitrogens is 1. The molecule has 26 heavy (non-hydrogen) atoms. The fourth-order valence-electron chi connectivity index (χ4n) is 2.70. The molecule has 0 spiro atoms. The Balaban J connectivity index is 2.23. The van der Waals surface area contributed by atoms with Crippen LogP contribution >= 0.6 is 0 Å². The van der Waals surface area contributed by atoms with Crippen molar-refractivity contribution in [1.29, 1.82) is 0 Å². The van der Waals surface area contributed by atoms with E-state index in [1.54, 1.807) is 12.1 Å². The van der Waals surface area contributed by atoms with E-state index in [4.69, 9.17) is 0 Å². The number of carbonyl (C=O) groups is 1. The van der Waals surface area contributed by atoms with Crippen LogP contribution < -0.4 is 10.5 Å². The number of rotatable bonds is 4. The number of carboxylic acids is 1. The number of aromatic carboxylic acids is 1. The number of hydrogen-bond acceptors (Lipinski definition) is 3. The van der Waals surface area contributed by atoms with Crippen LogP contribution in [0.5, 0.6) is 0 Å². The van der Waals surface area contributed by atoms with Crippen LogP contribution in [0.3, 0.4) is 0 Å². The van der Waals surface area contributed by atoms with Crippen LogP contribution in [0.2, 0.25) is 0 Å². The third-order valence-corrected chi connectivity index (χ3v) is 4.10. The second-order valence-electron chi connectivity index (χ2n) is 6.05. The van der Waals surface area contributed by atoms with Crippen LogP contribution in [0.25, 0.3) is 22.4 Å². The van der Waals surface area contributed by atoms with Crippen molar-refractivity contribution in [1.82, 2.24) is 4.98 Å². The Morgan fingerprint density at radius 2 is 1.58 bits per heavy atom. The Kier molecular flexibility index (Phi) is 4.58. The maximum absolute atomic E-state index is 13.3. The summed E-state index contributed by atoms with van der Waals surface area (Å²) in [6, 6.07) is 14.5. The highest BCUT2D eigenvalue weighted by atomic mass is 19.1. The van der Waals surface area contributed by atoms with Crippen LogP contribution in [0.15, 0.2) is 59.4 Å². The Bertz CT molecular complexity index is 1010. The van der Waals surface area contributed by atoms with Gasteiger partial charge in [-0.3, -0.25) is 4.79 Å². The maximum Gasteiger partial charge on any atom is 0.341 e. The summed E-state index contributed by atoms with van der Waals surface area (Å²) >= 11 is 0. The molecule has 1 aromatic heterocycles. The topological polar surface area (TPSA) is 73.4 Å². The molecule has 3 aromatic rings. The summed E-state index contributed by atoms with van der Waals surface area (Å²) < 4.78 is 13.3. The largest absolute Gasteiger partial charge is 0.477 e. The zero-order valence-electron chi connectivity index (χ0n) is 14.3. The molecule has 5 nitrogen and oxygen atoms in total. The lowest BCUT2D eigenvalue weighted by molar-refractivity contribution is 0.0695. The van der Waals surface area contributed by atoms with Crippen LogP contribution in [-0.2, 0) is 0 Å². The molecule has 3 rings (SSSR count). The molecular formula is C20H17FN2O3. The van der Waals surface area contributed by atoms with E-state index in [1.807, 2.05) is 43.3 Å². The second-order valence-corrected chi connectivity index (χ2v) is 6.05. The molecule has 132 valence electrons. The summed E-state index contributed by atoms with van der Waals surface area (Å²) in [7, 11) is 3.84. The van der Waals surface area contributed by atoms with Gasteiger partial charge in [-0.05, 0) is 41.5 Å². The van der Waals surface area contributed by atoms with Gasteiger partial charge < -0.3 is 15.0 Å². The van der Waals surface area contributed by atoms with Gasteiger partial charge in [0.05, 0.1) is 5.69 Å². The minimum absolute atomic E-state index is 0.363. The van der Waals surface area contributed by atoms with Crippen molar-refractivity contribution in [3.63, 3.8) is 0 Å². The van der Waals surface area contributed by atoms with Gasteiger partial charge in [-0.15, -0.1) is 0 Å². The van der Waals surface area contributed by atoms with Crippen molar-refractivity contribution in [2.75, 3.05) is 19.0 Å². The first-order valence-corrected chi connectivity index (χ1v) is 7.91. The van der Waals surface area contributed by atoms with Gasteiger partial charge in [0.15, 0.2) is 0 Å². The highest BCUT2D eigenvalue weighted by molar-refractivity contribution is 5.91. The van der Waals surface area contributed by atoms with Crippen LogP contribution in [0.1, 0.15) is 10.4 Å². The highest BCUT2D eigenvalue weighted by Crippen LogP contribution is 2.31. The zero-order valence-corrected chi connectivity index (χ0v) is 14.3. The number of H-pyrrole nitrogens is 1. The smallest absolute Gasteiger partial charge is 0.341 e. The molecule has 0 unspecified atom stereocenters. The lowest BCUT2D eigenvalue weighted by atomic mass is 9.97. The van der Waals surface area contributed by atoms with Gasteiger partial charge in [0, 0.05) is 25.3 Å². The lowest BCUT2D eigenvalue weighted by Crippen LogP contribution is -2.18. The minimum atomic E-state index is -1.32. The van der Waals surface area contributed by atoms with E-state index in [1.165, 1.54) is 18.2 Å². The molecule has 0 atom stereocenters. The van der Waals surface area contributed by atoms with Crippen molar-refractivity contribution >= 4 is 11.7 Å². The number of hydrogen-bond donors (Lipinski definition) is 2. The predicted molar refractivity (Wildman–Crippen MR) is 99.2 cm³/mol. The molecule has 2 N–H and O–H groups in total. The average molecular weight is 352 g/mol. The molecule has 1 heterocycles. The molecule has 0 aliphatic heterocycles. The summed E-state index contributed by atoms with van der Waals surface area (Å²) in [4.78, 5) is 28.1. The van der Waals surface area contributed by atoms with E-state index in [2.05, 4.69) is 4.98 Å². The van der Waals surface area contributed by atoms with Crippen molar-refractivity contribution in [3.8, 4) is 22.4 Å². The molecule has 0 saturated heterocycles. The lowest BCUT2D eigenvalue weighted by Gasteiger charge is -2.15. The standard InChI is InChI=1S/C20H17FN2O3/c1-23(2)15-9-5-13(6-10-15)18-16(12-3-7-14(21)8-4-12)11-17(20(25)26)19(24)22-18/h3-11H,1-2H3,(H,22,24)(H,25,26). The summed E-state index contributed by atoms with van der Waals surface area (Å²) in [6.45, 7) is 0. The number of halogens is 1. The summed E-state index contributed by atoms with van der Waals surface area (Å²) in [6.07, 6.45) is 0. The Hall–Kier alpha value is -3.41. The number of nitrogens with zero attached hydrogens (tertiary/aromatic N) is 1. The fourth-order valence-corrected chi connectivity index (χ4v) is 2.70. The Morgan fingerprint density at radius 3 is 2.12 bits per heavy atom. The van der Waals surface area contributed by atoms with Crippen molar-refractivity contribution in [2.45, 2.75) is 0 Å². The summed E-state index contributed by atoms with van der Waals surface area (Å²) in [5, 5.41) is 9.25. The molecule has 0 bridgehead atoms. The quantitative estimate of drug-likeness (QED) is 0.752. The predicted octanol–water partition coefficient (Wildman–Crippen LogP) is 3.61. The monoisotopic (exact) mass is 352 g/mol. The van der Waals surface area contributed by atoms with E-state index in [0.717, 1.165) is 11.3 Å². The minimum Gasteiger partial charge on any atom is -0.477 e. The molecule has 0 radical (unpaired) electrons. The van der Waals surface area contributed by atoms with E-state index in [-0.39, 0.29) is 5.56 Å². The van der Waals surface area contributed by atoms with E-state index in [9.17, 15) is 19.1 Å². The third-order valence-electron chi connectivity index (χ3n) is 4.10. The van der Waals surface area contributed by atoms with Crippen molar-refractivity contribution in [2.24, 2.45) is 0 Å². The first kappa shape index (κ1) is 17.4. The van der Waals surface area contributed by atoms with Gasteiger partial charge in [-0.1, -0.05) is 24.3 Å². The molecule has 0 aliphatic carbocycles. The average Bonchev–Trinajstić information content (AvgIpc) is 2.62. The molecule has 0 fully saturated rings. The maximum atomic E-state index is 13.3. The highest BCUT2D eigenvalue weighted by Gasteiger charge is 2.16. The van der Waals surface area contributed by atoms with Gasteiger partial charge in [0.1, 0.15) is 11.4 Å². The zero-order chi connectivity index (χ0) is 18.8. The van der Waals surface area contributed by atoms with Gasteiger partial charge in [-0.2, -0.15) is 0 Å². The fraction of sp³-hybridized carbons (Fsp3) is 0.100. The van der Waals surface area contributed by atoms with Crippen LogP contribution in [0, 0.1) is 5.82 Å².